The highest BCUT2D eigenvalue weighted by Gasteiger charge is 2.51. The number of aldehydes is 1. The second-order valence-corrected chi connectivity index (χ2v) is 10.4. The van der Waals surface area contributed by atoms with Gasteiger partial charge in [-0.3, -0.25) is 14.5 Å². The van der Waals surface area contributed by atoms with E-state index < -0.39 is 57.7 Å². The molecule has 4 N–H and O–H groups in total. The molecule has 2 aliphatic rings. The summed E-state index contributed by atoms with van der Waals surface area (Å²) >= 11 is 0. The molecule has 1 saturated heterocycles. The number of rotatable bonds is 10. The van der Waals surface area contributed by atoms with Crippen molar-refractivity contribution in [3.63, 3.8) is 0 Å². The Bertz CT molecular complexity index is 1410. The highest BCUT2D eigenvalue weighted by molar-refractivity contribution is 6.60. The normalized spacial score (nSPS) is 16.6. The smallest absolute Gasteiger partial charge is 0.259 e. The van der Waals surface area contributed by atoms with Crippen LogP contribution in [0, 0.1) is 5.82 Å². The van der Waals surface area contributed by atoms with Gasteiger partial charge in [0.2, 0.25) is 5.91 Å². The number of carbonyl (C=O) groups is 3. The molecular weight excluding hydrogens is 537 g/mol. The number of aromatic hydroxyl groups is 2. The third-order valence-electron chi connectivity index (χ3n) is 7.68. The number of phenols is 2. The summed E-state index contributed by atoms with van der Waals surface area (Å²) in [6.45, 7) is 2.76. The van der Waals surface area contributed by atoms with E-state index in [0.29, 0.717) is 19.8 Å². The van der Waals surface area contributed by atoms with Crippen LogP contribution in [0.15, 0.2) is 18.2 Å². The first-order chi connectivity index (χ1) is 19.7. The molecule has 10 radical (unpaired) electrons. The monoisotopic (exact) mass is 564 g/mol. The van der Waals surface area contributed by atoms with E-state index in [4.69, 9.17) is 44.0 Å². The van der Waals surface area contributed by atoms with Gasteiger partial charge in [-0.15, -0.1) is 0 Å². The predicted octanol–water partition coefficient (Wildman–Crippen LogP) is -1.35. The Balaban J connectivity index is 1.65. The molecule has 2 heterocycles. The second kappa shape index (κ2) is 12.1. The summed E-state index contributed by atoms with van der Waals surface area (Å²) in [5.74, 6) is -4.03. The van der Waals surface area contributed by atoms with E-state index in [1.54, 1.807) is 12.1 Å². The minimum Gasteiger partial charge on any atom is -0.505 e. The van der Waals surface area contributed by atoms with Gasteiger partial charge >= 0.3 is 0 Å². The van der Waals surface area contributed by atoms with Crippen molar-refractivity contribution < 1.29 is 33.7 Å². The number of amides is 2. The first-order valence-electron chi connectivity index (χ1n) is 13.1. The molecule has 10 nitrogen and oxygen atoms in total. The largest absolute Gasteiger partial charge is 0.505 e. The van der Waals surface area contributed by atoms with Gasteiger partial charge in [0.05, 0.1) is 50.2 Å². The van der Waals surface area contributed by atoms with E-state index in [-0.39, 0.29) is 35.1 Å². The molecule has 0 saturated carbocycles. The van der Waals surface area contributed by atoms with Crippen LogP contribution in [0.2, 0.25) is 10.4 Å². The van der Waals surface area contributed by atoms with Crippen molar-refractivity contribution in [2.45, 2.75) is 36.1 Å². The lowest BCUT2D eigenvalue weighted by Crippen LogP contribution is -2.57. The van der Waals surface area contributed by atoms with Crippen LogP contribution in [0.25, 0.3) is 0 Å². The van der Waals surface area contributed by atoms with Gasteiger partial charge in [0.15, 0.2) is 11.5 Å². The third kappa shape index (κ3) is 5.66. The Morgan fingerprint density at radius 2 is 1.86 bits per heavy atom. The molecular formula is C26H26B5FN4O6. The molecule has 0 bridgehead atoms. The number of likely N-dealkylation sites (N-methyl/N-ethyl adjacent to an activating group) is 1. The Morgan fingerprint density at radius 3 is 2.45 bits per heavy atom. The first-order valence-corrected chi connectivity index (χ1v) is 13.1. The van der Waals surface area contributed by atoms with E-state index in [2.05, 4.69) is 15.5 Å². The van der Waals surface area contributed by atoms with Gasteiger partial charge < -0.3 is 35.3 Å². The van der Waals surface area contributed by atoms with Crippen LogP contribution >= 0.6 is 0 Å². The fraction of sp³-hybridized carbons (Fsp3) is 0.423. The van der Waals surface area contributed by atoms with Gasteiger partial charge in [0.1, 0.15) is 26.0 Å². The van der Waals surface area contributed by atoms with E-state index in [1.165, 1.54) is 13.1 Å². The zero-order chi connectivity index (χ0) is 31.0. The van der Waals surface area contributed by atoms with E-state index in [0.717, 1.165) is 23.6 Å². The molecule has 42 heavy (non-hydrogen) atoms. The molecule has 0 aromatic heterocycles. The number of anilines is 1. The molecule has 1 unspecified atom stereocenters. The minimum absolute atomic E-state index is 0.00499. The number of phenolic OH excluding ortho intramolecular Hbond substituents is 2. The van der Waals surface area contributed by atoms with Crippen LogP contribution in [0.4, 0.5) is 10.1 Å². The van der Waals surface area contributed by atoms with Crippen LogP contribution in [0.3, 0.4) is 0 Å². The number of nitrogens with zero attached hydrogens (tertiary/aromatic N) is 2. The van der Waals surface area contributed by atoms with Crippen LogP contribution in [0.5, 0.6) is 11.5 Å². The van der Waals surface area contributed by atoms with Crippen molar-refractivity contribution in [3.8, 4) is 11.5 Å². The van der Waals surface area contributed by atoms with Crippen molar-refractivity contribution in [3.05, 3.63) is 46.3 Å². The summed E-state index contributed by atoms with van der Waals surface area (Å²) < 4.78 is 20.4. The fourth-order valence-corrected chi connectivity index (χ4v) is 5.11. The molecule has 208 valence electrons. The summed E-state index contributed by atoms with van der Waals surface area (Å²) in [7, 11) is 31.1. The van der Waals surface area contributed by atoms with Crippen LogP contribution in [0.1, 0.15) is 27.0 Å². The summed E-state index contributed by atoms with van der Waals surface area (Å²) in [5.41, 5.74) is 0.378. The molecule has 1 atom stereocenters. The number of nitrogens with one attached hydrogen (secondary N) is 2. The quantitative estimate of drug-likeness (QED) is 0.121. The summed E-state index contributed by atoms with van der Waals surface area (Å²) in [5, 5.41) is 21.5. The second-order valence-electron chi connectivity index (χ2n) is 10.4. The lowest BCUT2D eigenvalue weighted by atomic mass is 9.28. The molecule has 2 amide bonds. The lowest BCUT2D eigenvalue weighted by Gasteiger charge is -2.48. The molecule has 2 aliphatic heterocycles. The van der Waals surface area contributed by atoms with Gasteiger partial charge in [-0.1, -0.05) is 22.6 Å². The molecule has 2 aromatic rings. The van der Waals surface area contributed by atoms with Gasteiger partial charge in [-0.05, 0) is 17.1 Å². The van der Waals surface area contributed by atoms with Crippen LogP contribution in [-0.2, 0) is 34.0 Å². The lowest BCUT2D eigenvalue weighted by molar-refractivity contribution is -0.126. The number of fused-ring (bicyclic) bond motifs is 1. The number of carbonyl (C=O) groups excluding carboxylic acids is 3. The predicted molar refractivity (Wildman–Crippen MR) is 157 cm³/mol. The highest BCUT2D eigenvalue weighted by atomic mass is 19.1. The average molecular weight is 564 g/mol. The van der Waals surface area contributed by atoms with Crippen molar-refractivity contribution in [2.75, 3.05) is 38.7 Å². The van der Waals surface area contributed by atoms with E-state index in [1.807, 2.05) is 0 Å². The number of ether oxygens (including phenoxy) is 1. The molecule has 1 fully saturated rings. The number of hydrogen-bond acceptors (Lipinski definition) is 8. The molecule has 0 aliphatic carbocycles. The number of hydrogen-bond donors (Lipinski definition) is 4. The highest BCUT2D eigenvalue weighted by Crippen LogP contribution is 2.48. The minimum atomic E-state index is -2.49. The number of halogens is 1. The molecule has 2 aromatic carbocycles. The SMILES string of the molecule is [B]c1c(O)c(O)c2c(c1NCc1ccc(CN3CCOCC3)cc1F)CN(C(C(=O)NC)C([B])([B])C([B])([B])C=O)C2=O. The fourth-order valence-electron chi connectivity index (χ4n) is 5.11. The topological polar surface area (TPSA) is 131 Å². The maximum atomic E-state index is 15.1. The average Bonchev–Trinajstić information content (AvgIpc) is 3.29. The summed E-state index contributed by atoms with van der Waals surface area (Å²) in [6.07, 6.45) is 0.0473. The number of benzene rings is 2. The third-order valence-corrected chi connectivity index (χ3v) is 7.68. The van der Waals surface area contributed by atoms with Gasteiger partial charge in [0, 0.05) is 56.6 Å². The van der Waals surface area contributed by atoms with Gasteiger partial charge in [-0.25, -0.2) is 4.39 Å². The maximum absolute atomic E-state index is 15.1. The summed E-state index contributed by atoms with van der Waals surface area (Å²) in [4.78, 5) is 41.0. The molecule has 16 heteroatoms. The molecule has 0 spiro atoms. The van der Waals surface area contributed by atoms with Crippen LogP contribution < -0.4 is 16.1 Å². The Kier molecular flexibility index (Phi) is 9.08. The van der Waals surface area contributed by atoms with Crippen LogP contribution in [-0.4, -0.2) is 117 Å². The maximum Gasteiger partial charge on any atom is 0.259 e. The number of morpholine rings is 1. The van der Waals surface area contributed by atoms with Crippen molar-refractivity contribution in [1.82, 2.24) is 15.1 Å². The Morgan fingerprint density at radius 1 is 1.19 bits per heavy atom. The Hall–Kier alpha value is -3.38. The van der Waals surface area contributed by atoms with Gasteiger partial charge in [-0.2, -0.15) is 0 Å². The van der Waals surface area contributed by atoms with Crippen molar-refractivity contribution >= 4 is 68.5 Å². The van der Waals surface area contributed by atoms with Crippen molar-refractivity contribution in [2.24, 2.45) is 0 Å². The van der Waals surface area contributed by atoms with Gasteiger partial charge in [0.25, 0.3) is 5.91 Å². The zero-order valence-corrected chi connectivity index (χ0v) is 23.0. The zero-order valence-electron chi connectivity index (χ0n) is 23.0. The van der Waals surface area contributed by atoms with E-state index in [9.17, 15) is 24.6 Å². The Labute approximate surface area is 249 Å². The molecule has 4 rings (SSSR count). The van der Waals surface area contributed by atoms with Crippen molar-refractivity contribution in [1.29, 1.82) is 0 Å². The standard InChI is InChI=1S/C26H26B5FN4O6/c1-33-23(40)22(26(30,31)25(28,29)12-37)36-11-15-17(24(36)41)20(38)21(39)18(27)19(15)34-9-14-3-2-13(8-16(14)32)10-35-4-6-42-7-5-35/h2-3,8,12,22,34,38-39H,4-7,9-11H2,1H3,(H,33,40). The summed E-state index contributed by atoms with van der Waals surface area (Å²) in [6, 6.07) is 3.01. The van der Waals surface area contributed by atoms with E-state index >= 15 is 4.39 Å². The first kappa shape index (κ1) is 31.6.